The Morgan fingerprint density at radius 1 is 0.476 bits per heavy atom. The van der Waals surface area contributed by atoms with E-state index in [0.29, 0.717) is 0 Å². The fourth-order valence-electron chi connectivity index (χ4n) is 6.31. The van der Waals surface area contributed by atoms with Crippen molar-refractivity contribution >= 4 is 44.5 Å². The molecule has 7 aromatic carbocycles. The highest BCUT2D eigenvalue weighted by atomic mass is 14.2. The molecule has 7 rings (SSSR count). The second-order valence-corrected chi connectivity index (χ2v) is 11.0. The zero-order valence-corrected chi connectivity index (χ0v) is 24.1. The smallest absolute Gasteiger partial charge is 0.00259 e. The summed E-state index contributed by atoms with van der Waals surface area (Å²) in [6, 6.07) is 47.0. The van der Waals surface area contributed by atoms with Gasteiger partial charge in [-0.3, -0.25) is 0 Å². The number of allylic oxidation sites excluding steroid dienone is 1. The summed E-state index contributed by atoms with van der Waals surface area (Å²) in [7, 11) is 0. The van der Waals surface area contributed by atoms with Gasteiger partial charge in [-0.05, 0) is 109 Å². The Kier molecular flexibility index (Phi) is 6.53. The molecule has 0 saturated heterocycles. The Bertz CT molecular complexity index is 2160. The standard InChI is InChI=1S/C42H32/c1-4-10-32-25-35(21-19-29(32)5-2)41-37-13-8-9-14-38(37)42(36-22-20-30-11-6-7-12-33(30)26-36)40-27-34(23-24-39(40)41)31-17-15-28(3)16-18-31/h4-27H,2H2,1,3H3/b10-4-. The Balaban J connectivity index is 1.61. The largest absolute Gasteiger partial charge is 0.0984 e. The summed E-state index contributed by atoms with van der Waals surface area (Å²) in [5, 5.41) is 7.54. The maximum absolute atomic E-state index is 4.05. The van der Waals surface area contributed by atoms with E-state index in [1.165, 1.54) is 76.8 Å². The molecule has 0 unspecified atom stereocenters. The van der Waals surface area contributed by atoms with Crippen molar-refractivity contribution < 1.29 is 0 Å². The van der Waals surface area contributed by atoms with Crippen molar-refractivity contribution in [2.45, 2.75) is 13.8 Å². The lowest BCUT2D eigenvalue weighted by Crippen LogP contribution is -1.93. The fraction of sp³-hybridized carbons (Fsp3) is 0.0476. The first-order chi connectivity index (χ1) is 20.6. The van der Waals surface area contributed by atoms with Crippen LogP contribution in [0, 0.1) is 6.92 Å². The van der Waals surface area contributed by atoms with E-state index in [4.69, 9.17) is 0 Å². The van der Waals surface area contributed by atoms with E-state index in [9.17, 15) is 0 Å². The number of fused-ring (bicyclic) bond motifs is 3. The van der Waals surface area contributed by atoms with Gasteiger partial charge >= 0.3 is 0 Å². The topological polar surface area (TPSA) is 0 Å². The Hall–Kier alpha value is -5.20. The first-order valence-corrected chi connectivity index (χ1v) is 14.6. The van der Waals surface area contributed by atoms with E-state index >= 15 is 0 Å². The van der Waals surface area contributed by atoms with Crippen LogP contribution in [0.3, 0.4) is 0 Å². The van der Waals surface area contributed by atoms with Crippen LogP contribution in [0.5, 0.6) is 0 Å². The van der Waals surface area contributed by atoms with E-state index in [1.54, 1.807) is 0 Å². The van der Waals surface area contributed by atoms with Crippen LogP contribution in [-0.4, -0.2) is 0 Å². The van der Waals surface area contributed by atoms with Crippen LogP contribution in [0.4, 0.5) is 0 Å². The monoisotopic (exact) mass is 536 g/mol. The molecule has 0 aromatic heterocycles. The molecule has 0 atom stereocenters. The highest BCUT2D eigenvalue weighted by Gasteiger charge is 2.18. The molecule has 0 radical (unpaired) electrons. The third kappa shape index (κ3) is 4.42. The molecule has 0 bridgehead atoms. The maximum Gasteiger partial charge on any atom is -0.00259 e. The average Bonchev–Trinajstić information content (AvgIpc) is 3.03. The molecule has 42 heavy (non-hydrogen) atoms. The molecule has 0 spiro atoms. The summed E-state index contributed by atoms with van der Waals surface area (Å²) in [5.74, 6) is 0. The van der Waals surface area contributed by atoms with Crippen LogP contribution in [-0.2, 0) is 0 Å². The van der Waals surface area contributed by atoms with E-state index in [0.717, 1.165) is 5.56 Å². The Morgan fingerprint density at radius 2 is 1.07 bits per heavy atom. The van der Waals surface area contributed by atoms with Crippen molar-refractivity contribution in [1.82, 2.24) is 0 Å². The fourth-order valence-corrected chi connectivity index (χ4v) is 6.31. The van der Waals surface area contributed by atoms with Gasteiger partial charge < -0.3 is 0 Å². The van der Waals surface area contributed by atoms with Crippen molar-refractivity contribution in [3.05, 3.63) is 157 Å². The van der Waals surface area contributed by atoms with Gasteiger partial charge in [0.1, 0.15) is 0 Å². The molecule has 200 valence electrons. The summed E-state index contributed by atoms with van der Waals surface area (Å²) in [4.78, 5) is 0. The van der Waals surface area contributed by atoms with Crippen LogP contribution in [0.1, 0.15) is 23.6 Å². The van der Waals surface area contributed by atoms with Gasteiger partial charge in [0.25, 0.3) is 0 Å². The first kappa shape index (κ1) is 25.7. The van der Waals surface area contributed by atoms with Crippen LogP contribution >= 0.6 is 0 Å². The summed E-state index contributed by atoms with van der Waals surface area (Å²) in [6.45, 7) is 8.26. The normalized spacial score (nSPS) is 11.6. The van der Waals surface area contributed by atoms with Gasteiger partial charge in [-0.25, -0.2) is 0 Å². The molecule has 7 aromatic rings. The lowest BCUT2D eigenvalue weighted by molar-refractivity contribution is 1.47. The lowest BCUT2D eigenvalue weighted by atomic mass is 9.84. The minimum Gasteiger partial charge on any atom is -0.0984 e. The van der Waals surface area contributed by atoms with Crippen molar-refractivity contribution in [2.24, 2.45) is 0 Å². The zero-order valence-electron chi connectivity index (χ0n) is 24.1. The van der Waals surface area contributed by atoms with Gasteiger partial charge in [-0.1, -0.05) is 140 Å². The first-order valence-electron chi connectivity index (χ1n) is 14.6. The Morgan fingerprint density at radius 3 is 1.81 bits per heavy atom. The molecule has 0 N–H and O–H groups in total. The van der Waals surface area contributed by atoms with Crippen molar-refractivity contribution in [2.75, 3.05) is 0 Å². The molecule has 0 saturated carbocycles. The third-order valence-electron chi connectivity index (χ3n) is 8.39. The van der Waals surface area contributed by atoms with Gasteiger partial charge in [0.15, 0.2) is 0 Å². The van der Waals surface area contributed by atoms with Crippen molar-refractivity contribution in [1.29, 1.82) is 0 Å². The number of rotatable bonds is 5. The summed E-state index contributed by atoms with van der Waals surface area (Å²) < 4.78 is 0. The molecular weight excluding hydrogens is 504 g/mol. The van der Waals surface area contributed by atoms with E-state index in [1.807, 2.05) is 6.08 Å². The van der Waals surface area contributed by atoms with Crippen molar-refractivity contribution in [3.8, 4) is 33.4 Å². The number of benzene rings is 7. The van der Waals surface area contributed by atoms with Crippen LogP contribution < -0.4 is 0 Å². The molecule has 0 nitrogen and oxygen atoms in total. The second kappa shape index (κ2) is 10.7. The molecule has 0 aliphatic carbocycles. The molecule has 0 amide bonds. The third-order valence-corrected chi connectivity index (χ3v) is 8.39. The summed E-state index contributed by atoms with van der Waals surface area (Å²) in [5.41, 5.74) is 11.0. The second-order valence-electron chi connectivity index (χ2n) is 11.0. The molecule has 0 aliphatic heterocycles. The highest BCUT2D eigenvalue weighted by Crippen LogP contribution is 2.45. The zero-order chi connectivity index (χ0) is 28.6. The van der Waals surface area contributed by atoms with Gasteiger partial charge in [-0.15, -0.1) is 0 Å². The predicted molar refractivity (Wildman–Crippen MR) is 185 cm³/mol. The minimum atomic E-state index is 1.14. The maximum atomic E-state index is 4.05. The van der Waals surface area contributed by atoms with Crippen molar-refractivity contribution in [3.63, 3.8) is 0 Å². The van der Waals surface area contributed by atoms with Gasteiger partial charge in [-0.2, -0.15) is 0 Å². The van der Waals surface area contributed by atoms with E-state index in [-0.39, 0.29) is 0 Å². The molecule has 0 heterocycles. The average molecular weight is 537 g/mol. The highest BCUT2D eigenvalue weighted by molar-refractivity contribution is 6.22. The Labute approximate surface area is 247 Å². The lowest BCUT2D eigenvalue weighted by Gasteiger charge is -2.19. The molecule has 0 aliphatic rings. The number of hydrogen-bond acceptors (Lipinski definition) is 0. The van der Waals surface area contributed by atoms with E-state index < -0.39 is 0 Å². The molecule has 0 fully saturated rings. The minimum absolute atomic E-state index is 1.14. The van der Waals surface area contributed by atoms with Crippen LogP contribution in [0.15, 0.2) is 140 Å². The number of hydrogen-bond donors (Lipinski definition) is 0. The van der Waals surface area contributed by atoms with E-state index in [2.05, 4.69) is 160 Å². The quantitative estimate of drug-likeness (QED) is 0.192. The van der Waals surface area contributed by atoms with Gasteiger partial charge in [0.2, 0.25) is 0 Å². The predicted octanol–water partition coefficient (Wildman–Crippen LogP) is 12.1. The SMILES string of the molecule is C=Cc1ccc(-c2c3ccccc3c(-c3ccc4ccccc4c3)c3cc(-c4ccc(C)cc4)ccc23)cc1/C=C\C. The molecular formula is C42H32. The summed E-state index contributed by atoms with van der Waals surface area (Å²) in [6.07, 6.45) is 6.20. The van der Waals surface area contributed by atoms with Gasteiger partial charge in [0.05, 0.1) is 0 Å². The van der Waals surface area contributed by atoms with Crippen LogP contribution in [0.25, 0.3) is 77.9 Å². The molecule has 0 heteroatoms. The summed E-state index contributed by atoms with van der Waals surface area (Å²) >= 11 is 0. The van der Waals surface area contributed by atoms with Gasteiger partial charge in [0, 0.05) is 0 Å². The number of aryl methyl sites for hydroxylation is 1. The van der Waals surface area contributed by atoms with Crippen LogP contribution in [0.2, 0.25) is 0 Å².